The van der Waals surface area contributed by atoms with Crippen molar-refractivity contribution in [3.05, 3.63) is 53.6 Å². The van der Waals surface area contributed by atoms with Gasteiger partial charge in [0.25, 0.3) is 0 Å². The number of ether oxygens (including phenoxy) is 1. The molecule has 0 atom stereocenters. The lowest BCUT2D eigenvalue weighted by Gasteiger charge is -2.23. The molecule has 0 bridgehead atoms. The number of H-pyrrole nitrogens is 1. The van der Waals surface area contributed by atoms with Gasteiger partial charge in [-0.15, -0.1) is 0 Å². The molecule has 8 heteroatoms. The van der Waals surface area contributed by atoms with Crippen LogP contribution in [0.1, 0.15) is 24.0 Å². The Bertz CT molecular complexity index is 964. The van der Waals surface area contributed by atoms with Crippen molar-refractivity contribution in [1.82, 2.24) is 15.3 Å². The number of nitrogens with two attached hydrogens (primary N) is 1. The second-order valence-corrected chi connectivity index (χ2v) is 7.72. The molecule has 1 aliphatic heterocycles. The summed E-state index contributed by atoms with van der Waals surface area (Å²) >= 11 is 1.63. The van der Waals surface area contributed by atoms with Crippen LogP contribution in [0.15, 0.2) is 52.8 Å². The van der Waals surface area contributed by atoms with E-state index in [1.807, 2.05) is 24.3 Å². The average Bonchev–Trinajstić information content (AvgIpc) is 3.15. The number of nitrogens with zero attached hydrogens (tertiary/aromatic N) is 2. The number of aromatic amines is 1. The molecule has 1 saturated heterocycles. The van der Waals surface area contributed by atoms with Crippen LogP contribution in [0.2, 0.25) is 0 Å². The Hall–Kier alpha value is -2.71. The van der Waals surface area contributed by atoms with Crippen molar-refractivity contribution in [2.24, 2.45) is 10.9 Å². The minimum atomic E-state index is 0.0810. The third-order valence-corrected chi connectivity index (χ3v) is 5.70. The van der Waals surface area contributed by atoms with E-state index < -0.39 is 0 Å². The number of hydrogen-bond acceptors (Lipinski definition) is 6. The first-order valence-corrected chi connectivity index (χ1v) is 10.3. The molecule has 0 radical (unpaired) electrons. The number of nitrogens with one attached hydrogen (secondary N) is 2. The number of rotatable bonds is 6. The summed E-state index contributed by atoms with van der Waals surface area (Å²) in [6, 6.07) is 13.8. The third kappa shape index (κ3) is 4.40. The Balaban J connectivity index is 1.37. The van der Waals surface area contributed by atoms with E-state index in [2.05, 4.69) is 32.6 Å². The largest absolute Gasteiger partial charge is 0.490 e. The molecule has 0 unspecified atom stereocenters. The van der Waals surface area contributed by atoms with Crippen molar-refractivity contribution in [2.45, 2.75) is 29.9 Å². The molecular formula is C20H23N5O2S. The molecule has 0 spiro atoms. The number of imidazole rings is 1. The molecule has 1 aromatic heterocycles. The van der Waals surface area contributed by atoms with Gasteiger partial charge in [0.2, 0.25) is 0 Å². The summed E-state index contributed by atoms with van der Waals surface area (Å²) in [5.74, 6) is 1.82. The molecule has 0 saturated carbocycles. The van der Waals surface area contributed by atoms with Crippen LogP contribution >= 0.6 is 11.8 Å². The molecule has 2 aromatic carbocycles. The van der Waals surface area contributed by atoms with Crippen LogP contribution in [-0.2, 0) is 5.75 Å². The molecule has 1 aliphatic rings. The fourth-order valence-corrected chi connectivity index (χ4v) is 4.03. The van der Waals surface area contributed by atoms with Gasteiger partial charge < -0.3 is 26.0 Å². The molecule has 146 valence electrons. The van der Waals surface area contributed by atoms with Crippen molar-refractivity contribution in [2.75, 3.05) is 13.1 Å². The second kappa shape index (κ2) is 8.53. The first-order chi connectivity index (χ1) is 13.7. The van der Waals surface area contributed by atoms with Crippen molar-refractivity contribution >= 4 is 28.6 Å². The maximum absolute atomic E-state index is 8.81. The van der Waals surface area contributed by atoms with Gasteiger partial charge in [-0.05, 0) is 61.8 Å². The first kappa shape index (κ1) is 18.6. The number of benzene rings is 2. The standard InChI is InChI=1S/C20H23N5O2S/c21-19(25-26)14-3-6-17-18(11-14)24-20(23-17)28-12-13-1-4-15(5-2-13)27-16-7-9-22-10-8-16/h1-6,11,16,22,26H,7-10,12H2,(H2,21,25)(H,23,24). The van der Waals surface area contributed by atoms with Crippen LogP contribution in [0.5, 0.6) is 5.75 Å². The minimum absolute atomic E-state index is 0.0810. The molecule has 1 fully saturated rings. The third-order valence-electron chi connectivity index (χ3n) is 4.75. The zero-order chi connectivity index (χ0) is 19.3. The molecule has 7 nitrogen and oxygen atoms in total. The maximum Gasteiger partial charge on any atom is 0.170 e. The molecule has 5 N–H and O–H groups in total. The van der Waals surface area contributed by atoms with Crippen LogP contribution in [0, 0.1) is 0 Å². The topological polar surface area (TPSA) is 109 Å². The quantitative estimate of drug-likeness (QED) is 0.167. The Kier molecular flexibility index (Phi) is 5.68. The van der Waals surface area contributed by atoms with Crippen LogP contribution in [0.3, 0.4) is 0 Å². The average molecular weight is 398 g/mol. The zero-order valence-electron chi connectivity index (χ0n) is 15.4. The zero-order valence-corrected chi connectivity index (χ0v) is 16.2. The lowest BCUT2D eigenvalue weighted by molar-refractivity contribution is 0.162. The molecule has 28 heavy (non-hydrogen) atoms. The van der Waals surface area contributed by atoms with E-state index in [9.17, 15) is 0 Å². The van der Waals surface area contributed by atoms with Crippen LogP contribution in [-0.4, -0.2) is 40.2 Å². The van der Waals surface area contributed by atoms with E-state index in [1.165, 1.54) is 5.56 Å². The minimum Gasteiger partial charge on any atom is -0.490 e. The van der Waals surface area contributed by atoms with E-state index in [4.69, 9.17) is 15.7 Å². The Morgan fingerprint density at radius 1 is 1.21 bits per heavy atom. The van der Waals surface area contributed by atoms with E-state index in [-0.39, 0.29) is 5.84 Å². The van der Waals surface area contributed by atoms with E-state index in [0.29, 0.717) is 11.7 Å². The smallest absolute Gasteiger partial charge is 0.170 e. The summed E-state index contributed by atoms with van der Waals surface area (Å²) in [6.45, 7) is 2.05. The predicted molar refractivity (Wildman–Crippen MR) is 111 cm³/mol. The number of thioether (sulfide) groups is 1. The molecule has 0 aliphatic carbocycles. The van der Waals surface area contributed by atoms with Gasteiger partial charge in [-0.3, -0.25) is 0 Å². The summed E-state index contributed by atoms with van der Waals surface area (Å²) in [5.41, 5.74) is 9.21. The second-order valence-electron chi connectivity index (χ2n) is 6.76. The van der Waals surface area contributed by atoms with Gasteiger partial charge >= 0.3 is 0 Å². The van der Waals surface area contributed by atoms with Crippen molar-refractivity contribution in [3.8, 4) is 5.75 Å². The number of amidine groups is 1. The highest BCUT2D eigenvalue weighted by molar-refractivity contribution is 7.98. The predicted octanol–water partition coefficient (Wildman–Crippen LogP) is 3.08. The summed E-state index contributed by atoms with van der Waals surface area (Å²) in [7, 11) is 0. The Morgan fingerprint density at radius 3 is 2.75 bits per heavy atom. The molecule has 0 amide bonds. The number of oxime groups is 1. The van der Waals surface area contributed by atoms with Crippen molar-refractivity contribution < 1.29 is 9.94 Å². The van der Waals surface area contributed by atoms with Gasteiger partial charge in [0.15, 0.2) is 11.0 Å². The van der Waals surface area contributed by atoms with E-state index in [1.54, 1.807) is 17.8 Å². The van der Waals surface area contributed by atoms with Gasteiger partial charge in [-0.2, -0.15) is 0 Å². The highest BCUT2D eigenvalue weighted by Gasteiger charge is 2.14. The fourth-order valence-electron chi connectivity index (χ4n) is 3.19. The molecular weight excluding hydrogens is 374 g/mol. The van der Waals surface area contributed by atoms with Crippen molar-refractivity contribution in [1.29, 1.82) is 0 Å². The fraction of sp³-hybridized carbons (Fsp3) is 0.300. The molecule has 2 heterocycles. The SMILES string of the molecule is NC(=NO)c1ccc2nc(SCc3ccc(OC4CCNCC4)cc3)[nH]c2c1. The van der Waals surface area contributed by atoms with Crippen LogP contribution in [0.4, 0.5) is 0 Å². The van der Waals surface area contributed by atoms with Crippen LogP contribution < -0.4 is 15.8 Å². The summed E-state index contributed by atoms with van der Waals surface area (Å²) < 4.78 is 6.05. The Morgan fingerprint density at radius 2 is 2.00 bits per heavy atom. The van der Waals surface area contributed by atoms with Gasteiger partial charge in [-0.1, -0.05) is 29.1 Å². The van der Waals surface area contributed by atoms with Gasteiger partial charge in [0, 0.05) is 11.3 Å². The summed E-state index contributed by atoms with van der Waals surface area (Å²) in [4.78, 5) is 7.86. The van der Waals surface area contributed by atoms with E-state index >= 15 is 0 Å². The first-order valence-electron chi connectivity index (χ1n) is 9.28. The highest BCUT2D eigenvalue weighted by Crippen LogP contribution is 2.25. The Labute approximate surface area is 167 Å². The number of aromatic nitrogens is 2. The number of fused-ring (bicyclic) bond motifs is 1. The lowest BCUT2D eigenvalue weighted by Crippen LogP contribution is -2.34. The highest BCUT2D eigenvalue weighted by atomic mass is 32.2. The number of piperidine rings is 1. The van der Waals surface area contributed by atoms with Gasteiger partial charge in [0.05, 0.1) is 11.0 Å². The van der Waals surface area contributed by atoms with Gasteiger partial charge in [0.1, 0.15) is 11.9 Å². The summed E-state index contributed by atoms with van der Waals surface area (Å²) in [6.07, 6.45) is 2.43. The number of hydrogen-bond donors (Lipinski definition) is 4. The summed E-state index contributed by atoms with van der Waals surface area (Å²) in [5, 5.41) is 16.0. The molecule has 4 rings (SSSR count). The van der Waals surface area contributed by atoms with Crippen molar-refractivity contribution in [3.63, 3.8) is 0 Å². The van der Waals surface area contributed by atoms with Crippen LogP contribution in [0.25, 0.3) is 11.0 Å². The van der Waals surface area contributed by atoms with E-state index in [0.717, 1.165) is 53.6 Å². The maximum atomic E-state index is 8.81. The lowest BCUT2D eigenvalue weighted by atomic mass is 10.1. The normalized spacial score (nSPS) is 15.8. The van der Waals surface area contributed by atoms with Gasteiger partial charge in [-0.25, -0.2) is 4.98 Å². The monoisotopic (exact) mass is 397 g/mol. The molecule has 3 aromatic rings.